The summed E-state index contributed by atoms with van der Waals surface area (Å²) in [4.78, 5) is 17.0. The Morgan fingerprint density at radius 1 is 1.18 bits per heavy atom. The van der Waals surface area contributed by atoms with Gasteiger partial charge in [0.1, 0.15) is 0 Å². The molecule has 2 saturated heterocycles. The summed E-state index contributed by atoms with van der Waals surface area (Å²) in [6.07, 6.45) is 3.07. The first-order chi connectivity index (χ1) is 13.5. The summed E-state index contributed by atoms with van der Waals surface area (Å²) in [5.74, 6) is 1.38. The highest BCUT2D eigenvalue weighted by atomic mass is 16.5. The van der Waals surface area contributed by atoms with Gasteiger partial charge in [-0.15, -0.1) is 0 Å². The van der Waals surface area contributed by atoms with E-state index in [-0.39, 0.29) is 12.5 Å². The maximum atomic E-state index is 13.1. The van der Waals surface area contributed by atoms with Crippen molar-refractivity contribution in [1.29, 1.82) is 0 Å². The van der Waals surface area contributed by atoms with E-state index in [0.717, 1.165) is 37.9 Å². The number of rotatable bonds is 7. The van der Waals surface area contributed by atoms with Crippen molar-refractivity contribution in [2.24, 2.45) is 5.92 Å². The number of carbonyl (C=O) groups is 1. The number of benzene rings is 1. The van der Waals surface area contributed by atoms with E-state index in [9.17, 15) is 15.0 Å². The van der Waals surface area contributed by atoms with E-state index in [1.807, 2.05) is 18.2 Å². The predicted molar refractivity (Wildman–Crippen MR) is 105 cm³/mol. The molecule has 0 spiro atoms. The maximum absolute atomic E-state index is 13.1. The Hall–Kier alpha value is -1.83. The molecular formula is C21H32N2O5. The van der Waals surface area contributed by atoms with E-state index in [4.69, 9.17) is 9.47 Å². The topological polar surface area (TPSA) is 82.5 Å². The highest BCUT2D eigenvalue weighted by Crippen LogP contribution is 2.33. The molecule has 2 aliphatic heterocycles. The van der Waals surface area contributed by atoms with Gasteiger partial charge in [-0.1, -0.05) is 12.1 Å². The minimum atomic E-state index is -1.35. The van der Waals surface area contributed by atoms with E-state index in [1.54, 1.807) is 19.1 Å². The van der Waals surface area contributed by atoms with Crippen molar-refractivity contribution >= 4 is 5.91 Å². The van der Waals surface area contributed by atoms with Crippen molar-refractivity contribution in [2.75, 3.05) is 47.0 Å². The van der Waals surface area contributed by atoms with Crippen LogP contribution in [0.25, 0.3) is 0 Å². The average Bonchev–Trinajstić information content (AvgIpc) is 2.72. The predicted octanol–water partition coefficient (Wildman–Crippen LogP) is 1.26. The number of aliphatic hydroxyl groups is 2. The summed E-state index contributed by atoms with van der Waals surface area (Å²) >= 11 is 0. The van der Waals surface area contributed by atoms with E-state index >= 15 is 0 Å². The van der Waals surface area contributed by atoms with Gasteiger partial charge in [0.2, 0.25) is 0 Å². The number of nitrogens with zero attached hydrogens (tertiary/aromatic N) is 2. The molecule has 0 aromatic heterocycles. The summed E-state index contributed by atoms with van der Waals surface area (Å²) in [5.41, 5.74) is -0.487. The van der Waals surface area contributed by atoms with Crippen LogP contribution < -0.4 is 9.47 Å². The SMILES string of the molecule is COc1cccc(CN2CCCC(O)(CN3CCC(CO)CC3)C2=O)c1OC. The second-order valence-corrected chi connectivity index (χ2v) is 7.92. The molecule has 1 aromatic carbocycles. The second kappa shape index (κ2) is 9.11. The van der Waals surface area contributed by atoms with Crippen LogP contribution in [-0.4, -0.2) is 78.5 Å². The van der Waals surface area contributed by atoms with Crippen LogP contribution in [0.3, 0.4) is 0 Å². The Morgan fingerprint density at radius 2 is 1.93 bits per heavy atom. The fourth-order valence-corrected chi connectivity index (χ4v) is 4.34. The van der Waals surface area contributed by atoms with Gasteiger partial charge in [0, 0.05) is 31.8 Å². The average molecular weight is 392 g/mol. The first kappa shape index (κ1) is 20.9. The van der Waals surface area contributed by atoms with Crippen LogP contribution in [0.4, 0.5) is 0 Å². The summed E-state index contributed by atoms with van der Waals surface area (Å²) < 4.78 is 10.8. The Bertz CT molecular complexity index is 675. The standard InChI is InChI=1S/C21H32N2O5/c1-27-18-6-3-5-17(19(18)28-2)13-23-10-4-9-21(26,20(23)25)15-22-11-7-16(14-24)8-12-22/h3,5-6,16,24,26H,4,7-15H2,1-2H3. The second-order valence-electron chi connectivity index (χ2n) is 7.92. The van der Waals surface area contributed by atoms with Gasteiger partial charge in [-0.05, 0) is 50.8 Å². The molecule has 0 aliphatic carbocycles. The normalized spacial score (nSPS) is 24.4. The van der Waals surface area contributed by atoms with Crippen LogP contribution in [0.2, 0.25) is 0 Å². The number of piperidine rings is 2. The number of ether oxygens (including phenoxy) is 2. The van der Waals surface area contributed by atoms with E-state index in [0.29, 0.717) is 43.5 Å². The molecule has 1 unspecified atom stereocenters. The lowest BCUT2D eigenvalue weighted by atomic mass is 9.89. The third kappa shape index (κ3) is 4.42. The fourth-order valence-electron chi connectivity index (χ4n) is 4.34. The van der Waals surface area contributed by atoms with Crippen LogP contribution in [0.1, 0.15) is 31.2 Å². The number of β-amino-alcohol motifs (C(OH)–C–C–N with tert-alkyl or cyclic N) is 1. The van der Waals surface area contributed by atoms with Gasteiger partial charge in [0.15, 0.2) is 17.1 Å². The Kier molecular flexibility index (Phi) is 6.80. The number of para-hydroxylation sites is 1. The molecule has 7 nitrogen and oxygen atoms in total. The lowest BCUT2D eigenvalue weighted by Crippen LogP contribution is -2.59. The number of likely N-dealkylation sites (tertiary alicyclic amines) is 2. The zero-order valence-corrected chi connectivity index (χ0v) is 16.9. The molecule has 2 heterocycles. The Morgan fingerprint density at radius 3 is 2.57 bits per heavy atom. The number of hydrogen-bond donors (Lipinski definition) is 2. The van der Waals surface area contributed by atoms with Crippen LogP contribution in [0.15, 0.2) is 18.2 Å². The van der Waals surface area contributed by atoms with Crippen molar-refractivity contribution in [1.82, 2.24) is 9.80 Å². The highest BCUT2D eigenvalue weighted by molar-refractivity contribution is 5.86. The third-order valence-electron chi connectivity index (χ3n) is 6.00. The number of aliphatic hydroxyl groups excluding tert-OH is 1. The lowest BCUT2D eigenvalue weighted by molar-refractivity contribution is -0.160. The molecule has 156 valence electrons. The fraction of sp³-hybridized carbons (Fsp3) is 0.667. The summed E-state index contributed by atoms with van der Waals surface area (Å²) in [6, 6.07) is 5.62. The first-order valence-electron chi connectivity index (χ1n) is 10.1. The number of amides is 1. The van der Waals surface area contributed by atoms with Crippen molar-refractivity contribution < 1.29 is 24.5 Å². The number of methoxy groups -OCH3 is 2. The molecule has 7 heteroatoms. The van der Waals surface area contributed by atoms with Crippen LogP contribution in [0.5, 0.6) is 11.5 Å². The lowest BCUT2D eigenvalue weighted by Gasteiger charge is -2.42. The molecule has 3 rings (SSSR count). The first-order valence-corrected chi connectivity index (χ1v) is 10.1. The zero-order chi connectivity index (χ0) is 20.1. The van der Waals surface area contributed by atoms with Gasteiger partial charge >= 0.3 is 0 Å². The molecule has 1 amide bonds. The van der Waals surface area contributed by atoms with Crippen LogP contribution in [0, 0.1) is 5.92 Å². The van der Waals surface area contributed by atoms with Gasteiger partial charge in [-0.2, -0.15) is 0 Å². The summed E-state index contributed by atoms with van der Waals surface area (Å²) in [5, 5.41) is 20.5. The van der Waals surface area contributed by atoms with Gasteiger partial charge in [-0.25, -0.2) is 0 Å². The quantitative estimate of drug-likeness (QED) is 0.727. The molecule has 0 radical (unpaired) electrons. The smallest absolute Gasteiger partial charge is 0.256 e. The number of carbonyl (C=O) groups excluding carboxylic acids is 1. The minimum absolute atomic E-state index is 0.215. The van der Waals surface area contributed by atoms with Crippen LogP contribution in [-0.2, 0) is 11.3 Å². The summed E-state index contributed by atoms with van der Waals surface area (Å²) in [6.45, 7) is 3.19. The van der Waals surface area contributed by atoms with Gasteiger partial charge < -0.3 is 24.6 Å². The van der Waals surface area contributed by atoms with E-state index in [2.05, 4.69) is 4.90 Å². The van der Waals surface area contributed by atoms with Crippen LogP contribution >= 0.6 is 0 Å². The van der Waals surface area contributed by atoms with Gasteiger partial charge in [0.25, 0.3) is 5.91 Å². The monoisotopic (exact) mass is 392 g/mol. The van der Waals surface area contributed by atoms with Crippen molar-refractivity contribution in [3.8, 4) is 11.5 Å². The maximum Gasteiger partial charge on any atom is 0.256 e. The van der Waals surface area contributed by atoms with E-state index < -0.39 is 5.60 Å². The van der Waals surface area contributed by atoms with Gasteiger partial charge in [0.05, 0.1) is 14.2 Å². The zero-order valence-electron chi connectivity index (χ0n) is 16.9. The van der Waals surface area contributed by atoms with Crippen molar-refractivity contribution in [2.45, 2.75) is 37.8 Å². The number of hydrogen-bond acceptors (Lipinski definition) is 6. The van der Waals surface area contributed by atoms with Crippen molar-refractivity contribution in [3.63, 3.8) is 0 Å². The molecule has 1 aromatic rings. The molecular weight excluding hydrogens is 360 g/mol. The molecule has 0 saturated carbocycles. The van der Waals surface area contributed by atoms with E-state index in [1.165, 1.54) is 0 Å². The molecule has 2 N–H and O–H groups in total. The minimum Gasteiger partial charge on any atom is -0.493 e. The molecule has 28 heavy (non-hydrogen) atoms. The Balaban J connectivity index is 1.69. The molecule has 2 aliphatic rings. The van der Waals surface area contributed by atoms with Crippen molar-refractivity contribution in [3.05, 3.63) is 23.8 Å². The largest absolute Gasteiger partial charge is 0.493 e. The van der Waals surface area contributed by atoms with Gasteiger partial charge in [-0.3, -0.25) is 9.69 Å². The molecule has 0 bridgehead atoms. The Labute approximate surface area is 166 Å². The highest BCUT2D eigenvalue weighted by Gasteiger charge is 2.43. The molecule has 2 fully saturated rings. The third-order valence-corrected chi connectivity index (χ3v) is 6.00. The summed E-state index contributed by atoms with van der Waals surface area (Å²) in [7, 11) is 3.18. The molecule has 1 atom stereocenters.